The highest BCUT2D eigenvalue weighted by Crippen LogP contribution is 2.37. The normalized spacial score (nSPS) is 17.4. The van der Waals surface area contributed by atoms with Crippen molar-refractivity contribution in [2.75, 3.05) is 25.1 Å². The van der Waals surface area contributed by atoms with Crippen LogP contribution in [-0.2, 0) is 0 Å². The van der Waals surface area contributed by atoms with Gasteiger partial charge in [-0.15, -0.1) is 0 Å². The number of hydrogen-bond acceptors (Lipinski definition) is 3. The number of methoxy groups -OCH3 is 1. The smallest absolute Gasteiger partial charge is 0.412 e. The van der Waals surface area contributed by atoms with Gasteiger partial charge in [0.15, 0.2) is 0 Å². The van der Waals surface area contributed by atoms with Gasteiger partial charge in [-0.25, -0.2) is 0 Å². The molecule has 0 saturated carbocycles. The first kappa shape index (κ1) is 15.7. The number of benzene rings is 1. The van der Waals surface area contributed by atoms with Crippen LogP contribution in [0.5, 0.6) is 5.75 Å². The summed E-state index contributed by atoms with van der Waals surface area (Å²) in [5.41, 5.74) is 0.825. The molecular formula is C15H18F3NO2. The van der Waals surface area contributed by atoms with E-state index in [0.717, 1.165) is 0 Å². The van der Waals surface area contributed by atoms with Crippen molar-refractivity contribution in [1.29, 1.82) is 0 Å². The quantitative estimate of drug-likeness (QED) is 0.868. The second kappa shape index (κ2) is 5.97. The lowest BCUT2D eigenvalue weighted by Gasteiger charge is -2.31. The average molecular weight is 301 g/mol. The van der Waals surface area contributed by atoms with Crippen LogP contribution in [-0.4, -0.2) is 31.5 Å². The predicted octanol–water partition coefficient (Wildman–Crippen LogP) is 3.45. The highest BCUT2D eigenvalue weighted by atomic mass is 19.4. The molecular weight excluding hydrogens is 283 g/mol. The Balaban J connectivity index is 2.31. The number of aliphatic hydroxyl groups is 1. The van der Waals surface area contributed by atoms with Gasteiger partial charge < -0.3 is 14.7 Å². The first-order chi connectivity index (χ1) is 9.84. The number of nitrogens with zero attached hydrogens (tertiary/aromatic N) is 1. The SMILES string of the molecule is COc1cccc(N2CC=C(C(F)(F)F)CC2)c1C(C)O. The van der Waals surface area contributed by atoms with Crippen LogP contribution in [0.1, 0.15) is 25.0 Å². The van der Waals surface area contributed by atoms with Crippen molar-refractivity contribution in [2.24, 2.45) is 0 Å². The molecule has 0 spiro atoms. The molecule has 0 aliphatic carbocycles. The third-order valence-electron chi connectivity index (χ3n) is 3.59. The van der Waals surface area contributed by atoms with Gasteiger partial charge in [-0.2, -0.15) is 13.2 Å². The van der Waals surface area contributed by atoms with Gasteiger partial charge in [0.1, 0.15) is 5.75 Å². The maximum atomic E-state index is 12.7. The molecule has 21 heavy (non-hydrogen) atoms. The molecule has 0 amide bonds. The van der Waals surface area contributed by atoms with Crippen molar-refractivity contribution in [2.45, 2.75) is 25.6 Å². The van der Waals surface area contributed by atoms with E-state index in [1.807, 2.05) is 4.90 Å². The van der Waals surface area contributed by atoms with Gasteiger partial charge in [0.25, 0.3) is 0 Å². The van der Waals surface area contributed by atoms with E-state index in [9.17, 15) is 18.3 Å². The highest BCUT2D eigenvalue weighted by Gasteiger charge is 2.35. The second-order valence-corrected chi connectivity index (χ2v) is 4.99. The zero-order valence-electron chi connectivity index (χ0n) is 11.9. The van der Waals surface area contributed by atoms with Crippen molar-refractivity contribution in [3.05, 3.63) is 35.4 Å². The molecule has 1 aliphatic heterocycles. The van der Waals surface area contributed by atoms with E-state index in [0.29, 0.717) is 17.0 Å². The first-order valence-corrected chi connectivity index (χ1v) is 6.70. The lowest BCUT2D eigenvalue weighted by molar-refractivity contribution is -0.0944. The molecule has 3 nitrogen and oxygen atoms in total. The number of alkyl halides is 3. The Morgan fingerprint density at radius 1 is 1.33 bits per heavy atom. The minimum atomic E-state index is -4.26. The molecule has 0 saturated heterocycles. The second-order valence-electron chi connectivity index (χ2n) is 4.99. The summed E-state index contributed by atoms with van der Waals surface area (Å²) in [5, 5.41) is 9.93. The van der Waals surface area contributed by atoms with Crippen molar-refractivity contribution >= 4 is 5.69 Å². The molecule has 1 atom stereocenters. The first-order valence-electron chi connectivity index (χ1n) is 6.70. The fraction of sp³-hybridized carbons (Fsp3) is 0.467. The van der Waals surface area contributed by atoms with E-state index in [2.05, 4.69) is 0 Å². The molecule has 1 aromatic carbocycles. The van der Waals surface area contributed by atoms with Crippen molar-refractivity contribution in [1.82, 2.24) is 0 Å². The van der Waals surface area contributed by atoms with Gasteiger partial charge in [0.2, 0.25) is 0 Å². The summed E-state index contributed by atoms with van der Waals surface area (Å²) in [4.78, 5) is 1.82. The van der Waals surface area contributed by atoms with Crippen LogP contribution in [0, 0.1) is 0 Å². The zero-order valence-corrected chi connectivity index (χ0v) is 11.9. The van der Waals surface area contributed by atoms with Crippen LogP contribution in [0.3, 0.4) is 0 Å². The Morgan fingerprint density at radius 3 is 2.52 bits per heavy atom. The number of anilines is 1. The molecule has 2 rings (SSSR count). The maximum Gasteiger partial charge on any atom is 0.412 e. The molecule has 0 aromatic heterocycles. The van der Waals surface area contributed by atoms with Crippen LogP contribution in [0.4, 0.5) is 18.9 Å². The molecule has 6 heteroatoms. The molecule has 1 heterocycles. The predicted molar refractivity (Wildman–Crippen MR) is 74.6 cm³/mol. The van der Waals surface area contributed by atoms with E-state index in [4.69, 9.17) is 4.74 Å². The molecule has 116 valence electrons. The summed E-state index contributed by atoms with van der Waals surface area (Å²) in [6, 6.07) is 5.28. The Hall–Kier alpha value is -1.69. The number of aliphatic hydroxyl groups excluding tert-OH is 1. The monoisotopic (exact) mass is 301 g/mol. The lowest BCUT2D eigenvalue weighted by atomic mass is 10.0. The fourth-order valence-corrected chi connectivity index (χ4v) is 2.55. The summed E-state index contributed by atoms with van der Waals surface area (Å²) in [6.07, 6.45) is -3.87. The van der Waals surface area contributed by atoms with Gasteiger partial charge in [-0.05, 0) is 25.5 Å². The topological polar surface area (TPSA) is 32.7 Å². The highest BCUT2D eigenvalue weighted by molar-refractivity contribution is 5.61. The Kier molecular flexibility index (Phi) is 4.46. The lowest BCUT2D eigenvalue weighted by Crippen LogP contribution is -2.32. The van der Waals surface area contributed by atoms with Gasteiger partial charge in [-0.1, -0.05) is 12.1 Å². The van der Waals surface area contributed by atoms with E-state index >= 15 is 0 Å². The van der Waals surface area contributed by atoms with Gasteiger partial charge in [0, 0.05) is 29.9 Å². The van der Waals surface area contributed by atoms with Crippen molar-refractivity contribution in [3.63, 3.8) is 0 Å². The summed E-state index contributed by atoms with van der Waals surface area (Å²) in [5.74, 6) is 0.535. The van der Waals surface area contributed by atoms with E-state index in [1.54, 1.807) is 25.1 Å². The number of halogens is 3. The van der Waals surface area contributed by atoms with Crippen LogP contribution < -0.4 is 9.64 Å². The molecule has 0 radical (unpaired) electrons. The van der Waals surface area contributed by atoms with Crippen molar-refractivity contribution < 1.29 is 23.0 Å². The van der Waals surface area contributed by atoms with E-state index < -0.39 is 17.9 Å². The maximum absolute atomic E-state index is 12.7. The van der Waals surface area contributed by atoms with E-state index in [-0.39, 0.29) is 19.5 Å². The molecule has 1 aliphatic rings. The minimum absolute atomic E-state index is 0.0556. The van der Waals surface area contributed by atoms with Crippen molar-refractivity contribution in [3.8, 4) is 5.75 Å². The van der Waals surface area contributed by atoms with E-state index in [1.165, 1.54) is 13.2 Å². The molecule has 0 bridgehead atoms. The largest absolute Gasteiger partial charge is 0.496 e. The number of ether oxygens (including phenoxy) is 1. The zero-order chi connectivity index (χ0) is 15.6. The molecule has 0 fully saturated rings. The number of rotatable bonds is 3. The number of hydrogen-bond donors (Lipinski definition) is 1. The van der Waals surface area contributed by atoms with Gasteiger partial charge in [-0.3, -0.25) is 0 Å². The third kappa shape index (κ3) is 3.32. The van der Waals surface area contributed by atoms with Crippen LogP contribution in [0.2, 0.25) is 0 Å². The minimum Gasteiger partial charge on any atom is -0.496 e. The molecule has 1 aromatic rings. The van der Waals surface area contributed by atoms with Crippen LogP contribution in [0.15, 0.2) is 29.8 Å². The standard InChI is InChI=1S/C15H18F3NO2/c1-10(20)14-12(4-3-5-13(14)21-2)19-8-6-11(7-9-19)15(16,17)18/h3-6,10,20H,7-9H2,1-2H3. The Morgan fingerprint density at radius 2 is 2.05 bits per heavy atom. The summed E-state index contributed by atoms with van der Waals surface area (Å²) in [6.45, 7) is 2.04. The third-order valence-corrected chi connectivity index (χ3v) is 3.59. The summed E-state index contributed by atoms with van der Waals surface area (Å²) < 4.78 is 43.2. The molecule has 1 unspecified atom stereocenters. The van der Waals surface area contributed by atoms with Crippen LogP contribution in [0.25, 0.3) is 0 Å². The molecule has 1 N–H and O–H groups in total. The Labute approximate surface area is 121 Å². The van der Waals surface area contributed by atoms with Crippen LogP contribution >= 0.6 is 0 Å². The van der Waals surface area contributed by atoms with Gasteiger partial charge in [0.05, 0.1) is 13.2 Å². The summed E-state index contributed by atoms with van der Waals surface area (Å²) in [7, 11) is 1.50. The van der Waals surface area contributed by atoms with Gasteiger partial charge >= 0.3 is 6.18 Å². The average Bonchev–Trinajstić information content (AvgIpc) is 2.45. The fourth-order valence-electron chi connectivity index (χ4n) is 2.55. The Bertz CT molecular complexity index is 538. The summed E-state index contributed by atoms with van der Waals surface area (Å²) >= 11 is 0.